The number of anilines is 1. The van der Waals surface area contributed by atoms with Gasteiger partial charge in [-0.1, -0.05) is 30.7 Å². The van der Waals surface area contributed by atoms with E-state index in [0.717, 1.165) is 18.1 Å². The monoisotopic (exact) mass is 312 g/mol. The standard InChI is InChI=1S/C15H15ClF2N2O/c1-2-6-19-14-12(17)8-13(18)15(20-14)21-9-10-4-3-5-11(16)7-10/h3-5,7-8H,2,6,9H2,1H3,(H,19,20). The lowest BCUT2D eigenvalue weighted by molar-refractivity contribution is 0.276. The molecular weight excluding hydrogens is 298 g/mol. The maximum Gasteiger partial charge on any atom is 0.252 e. The zero-order valence-corrected chi connectivity index (χ0v) is 12.3. The molecule has 21 heavy (non-hydrogen) atoms. The first-order valence-corrected chi connectivity index (χ1v) is 6.95. The van der Waals surface area contributed by atoms with E-state index < -0.39 is 11.6 Å². The molecule has 1 heterocycles. The number of hydrogen-bond acceptors (Lipinski definition) is 3. The fourth-order valence-electron chi connectivity index (χ4n) is 1.70. The van der Waals surface area contributed by atoms with Gasteiger partial charge in [0.15, 0.2) is 17.5 Å². The molecule has 0 aliphatic carbocycles. The summed E-state index contributed by atoms with van der Waals surface area (Å²) in [5, 5.41) is 3.35. The number of benzene rings is 1. The minimum atomic E-state index is -0.837. The van der Waals surface area contributed by atoms with Crippen molar-refractivity contribution in [3.05, 3.63) is 52.6 Å². The van der Waals surface area contributed by atoms with Gasteiger partial charge in [-0.05, 0) is 24.1 Å². The van der Waals surface area contributed by atoms with Gasteiger partial charge in [-0.25, -0.2) is 8.78 Å². The van der Waals surface area contributed by atoms with E-state index in [0.29, 0.717) is 11.6 Å². The maximum absolute atomic E-state index is 13.7. The highest BCUT2D eigenvalue weighted by Crippen LogP contribution is 2.22. The summed E-state index contributed by atoms with van der Waals surface area (Å²) in [6.07, 6.45) is 0.803. The van der Waals surface area contributed by atoms with Crippen molar-refractivity contribution >= 4 is 17.4 Å². The van der Waals surface area contributed by atoms with Crippen LogP contribution in [0, 0.1) is 11.6 Å². The number of nitrogens with one attached hydrogen (secondary N) is 1. The van der Waals surface area contributed by atoms with Crippen molar-refractivity contribution in [3.8, 4) is 5.88 Å². The van der Waals surface area contributed by atoms with Crippen molar-refractivity contribution < 1.29 is 13.5 Å². The highest BCUT2D eigenvalue weighted by molar-refractivity contribution is 6.30. The molecule has 0 saturated carbocycles. The molecule has 0 aliphatic heterocycles. The first-order valence-electron chi connectivity index (χ1n) is 6.57. The Hall–Kier alpha value is -1.88. The minimum Gasteiger partial charge on any atom is -0.471 e. The molecule has 3 nitrogen and oxygen atoms in total. The Bertz CT molecular complexity index is 623. The number of pyridine rings is 1. The van der Waals surface area contributed by atoms with Gasteiger partial charge in [0.1, 0.15) is 6.61 Å². The van der Waals surface area contributed by atoms with Crippen LogP contribution in [0.25, 0.3) is 0 Å². The van der Waals surface area contributed by atoms with Crippen molar-refractivity contribution in [2.45, 2.75) is 20.0 Å². The minimum absolute atomic E-state index is 0.0145. The molecule has 0 spiro atoms. The first-order chi connectivity index (χ1) is 10.1. The summed E-state index contributed by atoms with van der Waals surface area (Å²) in [7, 11) is 0. The molecule has 1 N–H and O–H groups in total. The summed E-state index contributed by atoms with van der Waals surface area (Å²) in [5.41, 5.74) is 0.774. The SMILES string of the molecule is CCCNc1nc(OCc2cccc(Cl)c2)c(F)cc1F. The van der Waals surface area contributed by atoms with E-state index in [1.165, 1.54) is 0 Å². The summed E-state index contributed by atoms with van der Waals surface area (Å²) in [6.45, 7) is 2.58. The Morgan fingerprint density at radius 3 is 2.76 bits per heavy atom. The van der Waals surface area contributed by atoms with Gasteiger partial charge in [0.05, 0.1) is 0 Å². The second kappa shape index (κ2) is 7.22. The molecule has 6 heteroatoms. The number of rotatable bonds is 6. The van der Waals surface area contributed by atoms with Gasteiger partial charge in [0, 0.05) is 17.6 Å². The molecule has 0 atom stereocenters. The van der Waals surface area contributed by atoms with E-state index in [1.54, 1.807) is 24.3 Å². The van der Waals surface area contributed by atoms with Gasteiger partial charge in [-0.3, -0.25) is 0 Å². The summed E-state index contributed by atoms with van der Waals surface area (Å²) < 4.78 is 32.5. The van der Waals surface area contributed by atoms with Gasteiger partial charge in [0.2, 0.25) is 0 Å². The van der Waals surface area contributed by atoms with Crippen molar-refractivity contribution in [1.29, 1.82) is 0 Å². The Morgan fingerprint density at radius 1 is 1.24 bits per heavy atom. The molecule has 1 aromatic heterocycles. The summed E-state index contributed by atoms with van der Waals surface area (Å²) >= 11 is 5.86. The van der Waals surface area contributed by atoms with Crippen LogP contribution in [0.2, 0.25) is 5.02 Å². The van der Waals surface area contributed by atoms with Gasteiger partial charge in [-0.2, -0.15) is 4.98 Å². The third-order valence-corrected chi connectivity index (χ3v) is 2.94. The lowest BCUT2D eigenvalue weighted by Gasteiger charge is -2.10. The van der Waals surface area contributed by atoms with E-state index in [-0.39, 0.29) is 18.3 Å². The third kappa shape index (κ3) is 4.29. The Morgan fingerprint density at radius 2 is 2.05 bits per heavy atom. The van der Waals surface area contributed by atoms with Crippen LogP contribution in [0.4, 0.5) is 14.6 Å². The van der Waals surface area contributed by atoms with E-state index in [2.05, 4.69) is 10.3 Å². The van der Waals surface area contributed by atoms with E-state index in [1.807, 2.05) is 6.92 Å². The van der Waals surface area contributed by atoms with Crippen LogP contribution in [0.1, 0.15) is 18.9 Å². The van der Waals surface area contributed by atoms with E-state index in [9.17, 15) is 8.78 Å². The third-order valence-electron chi connectivity index (χ3n) is 2.70. The zero-order chi connectivity index (χ0) is 15.2. The first kappa shape index (κ1) is 15.5. The number of aromatic nitrogens is 1. The van der Waals surface area contributed by atoms with Crippen LogP contribution in [0.3, 0.4) is 0 Å². The molecule has 0 saturated heterocycles. The van der Waals surface area contributed by atoms with Crippen molar-refractivity contribution in [2.75, 3.05) is 11.9 Å². The molecule has 0 radical (unpaired) electrons. The lowest BCUT2D eigenvalue weighted by atomic mass is 10.2. The maximum atomic E-state index is 13.7. The second-order valence-corrected chi connectivity index (χ2v) is 4.89. The number of hydrogen-bond donors (Lipinski definition) is 1. The van der Waals surface area contributed by atoms with E-state index >= 15 is 0 Å². The van der Waals surface area contributed by atoms with Crippen molar-refractivity contribution in [2.24, 2.45) is 0 Å². The topological polar surface area (TPSA) is 34.2 Å². The predicted molar refractivity (Wildman–Crippen MR) is 78.7 cm³/mol. The highest BCUT2D eigenvalue weighted by atomic mass is 35.5. The number of halogens is 3. The summed E-state index contributed by atoms with van der Waals surface area (Å²) in [5.74, 6) is -1.83. The molecule has 0 unspecified atom stereocenters. The Labute approximate surface area is 126 Å². The molecule has 0 aliphatic rings. The fourth-order valence-corrected chi connectivity index (χ4v) is 1.91. The highest BCUT2D eigenvalue weighted by Gasteiger charge is 2.13. The van der Waals surface area contributed by atoms with Gasteiger partial charge >= 0.3 is 0 Å². The molecule has 0 bridgehead atoms. The molecule has 112 valence electrons. The van der Waals surface area contributed by atoms with Crippen LogP contribution in [0.15, 0.2) is 30.3 Å². The number of ether oxygens (including phenoxy) is 1. The quantitative estimate of drug-likeness (QED) is 0.857. The molecular formula is C15H15ClF2N2O. The molecule has 0 fully saturated rings. The summed E-state index contributed by atoms with van der Waals surface area (Å²) in [6, 6.07) is 7.76. The Balaban J connectivity index is 2.11. The molecule has 2 rings (SSSR count). The van der Waals surface area contributed by atoms with Gasteiger partial charge in [-0.15, -0.1) is 0 Å². The van der Waals surface area contributed by atoms with Crippen LogP contribution < -0.4 is 10.1 Å². The van der Waals surface area contributed by atoms with E-state index in [4.69, 9.17) is 16.3 Å². The largest absolute Gasteiger partial charge is 0.471 e. The zero-order valence-electron chi connectivity index (χ0n) is 11.5. The van der Waals surface area contributed by atoms with Crippen LogP contribution >= 0.6 is 11.6 Å². The van der Waals surface area contributed by atoms with Crippen molar-refractivity contribution in [3.63, 3.8) is 0 Å². The number of nitrogens with zero attached hydrogens (tertiary/aromatic N) is 1. The van der Waals surface area contributed by atoms with Crippen LogP contribution in [-0.2, 0) is 6.61 Å². The Kier molecular flexibility index (Phi) is 5.33. The van der Waals surface area contributed by atoms with Crippen molar-refractivity contribution in [1.82, 2.24) is 4.98 Å². The van der Waals surface area contributed by atoms with Crippen LogP contribution in [0.5, 0.6) is 5.88 Å². The normalized spacial score (nSPS) is 10.5. The molecule has 0 amide bonds. The summed E-state index contributed by atoms with van der Waals surface area (Å²) in [4.78, 5) is 3.83. The molecule has 1 aromatic carbocycles. The fraction of sp³-hybridized carbons (Fsp3) is 0.267. The smallest absolute Gasteiger partial charge is 0.252 e. The average Bonchev–Trinajstić information content (AvgIpc) is 2.45. The van der Waals surface area contributed by atoms with Crippen LogP contribution in [-0.4, -0.2) is 11.5 Å². The van der Waals surface area contributed by atoms with Gasteiger partial charge in [0.25, 0.3) is 5.88 Å². The molecule has 2 aromatic rings. The lowest BCUT2D eigenvalue weighted by Crippen LogP contribution is -2.07. The average molecular weight is 313 g/mol. The second-order valence-electron chi connectivity index (χ2n) is 4.45. The predicted octanol–water partition coefficient (Wildman–Crippen LogP) is 4.41. The van der Waals surface area contributed by atoms with Gasteiger partial charge < -0.3 is 10.1 Å².